The second kappa shape index (κ2) is 10.3. The number of halogens is 1. The van der Waals surface area contributed by atoms with Crippen LogP contribution in [-0.2, 0) is 20.9 Å². The molecule has 0 N–H and O–H groups in total. The highest BCUT2D eigenvalue weighted by Gasteiger charge is 2.20. The zero-order chi connectivity index (χ0) is 21.4. The number of carbonyl (C=O) groups is 2. The summed E-state index contributed by atoms with van der Waals surface area (Å²) in [4.78, 5) is 25.8. The first-order chi connectivity index (χ1) is 13.8. The van der Waals surface area contributed by atoms with Gasteiger partial charge < -0.3 is 19.1 Å². The van der Waals surface area contributed by atoms with E-state index in [0.29, 0.717) is 22.6 Å². The fourth-order valence-electron chi connectivity index (χ4n) is 2.68. The zero-order valence-electron chi connectivity index (χ0n) is 16.8. The number of nitrogens with zero attached hydrogens (tertiary/aromatic N) is 1. The van der Waals surface area contributed by atoms with E-state index < -0.39 is 12.1 Å². The van der Waals surface area contributed by atoms with Crippen molar-refractivity contribution in [2.45, 2.75) is 19.6 Å². The summed E-state index contributed by atoms with van der Waals surface area (Å²) in [6.45, 7) is 1.70. The molecule has 2 aromatic carbocycles. The van der Waals surface area contributed by atoms with Gasteiger partial charge in [0.05, 0.1) is 14.2 Å². The molecule has 2 rings (SSSR count). The van der Waals surface area contributed by atoms with Crippen LogP contribution in [0.2, 0.25) is 0 Å². The van der Waals surface area contributed by atoms with E-state index in [1.54, 1.807) is 43.5 Å². The smallest absolute Gasteiger partial charge is 0.331 e. The summed E-state index contributed by atoms with van der Waals surface area (Å²) in [5, 5.41) is 0. The van der Waals surface area contributed by atoms with Crippen molar-refractivity contribution in [2.24, 2.45) is 0 Å². The maximum absolute atomic E-state index is 13.3. The molecule has 1 amide bonds. The van der Waals surface area contributed by atoms with E-state index in [4.69, 9.17) is 14.2 Å². The summed E-state index contributed by atoms with van der Waals surface area (Å²) in [5.41, 5.74) is 1.36. The molecule has 0 bridgehead atoms. The summed E-state index contributed by atoms with van der Waals surface area (Å²) in [6, 6.07) is 11.2. The molecule has 0 saturated heterocycles. The van der Waals surface area contributed by atoms with E-state index in [1.807, 2.05) is 0 Å². The number of rotatable bonds is 8. The summed E-state index contributed by atoms with van der Waals surface area (Å²) in [7, 11) is 4.62. The van der Waals surface area contributed by atoms with Crippen molar-refractivity contribution in [3.05, 3.63) is 65.5 Å². The van der Waals surface area contributed by atoms with Crippen molar-refractivity contribution >= 4 is 18.0 Å². The van der Waals surface area contributed by atoms with Crippen molar-refractivity contribution in [3.8, 4) is 11.5 Å². The minimum Gasteiger partial charge on any atom is -0.493 e. The van der Waals surface area contributed by atoms with Crippen LogP contribution < -0.4 is 9.47 Å². The second-order valence-electron chi connectivity index (χ2n) is 6.35. The molecule has 1 unspecified atom stereocenters. The molecule has 0 aromatic heterocycles. The molecule has 1 atom stereocenters. The molecule has 29 heavy (non-hydrogen) atoms. The minimum atomic E-state index is -0.976. The maximum Gasteiger partial charge on any atom is 0.331 e. The summed E-state index contributed by atoms with van der Waals surface area (Å²) in [6.07, 6.45) is 1.81. The number of methoxy groups -OCH3 is 2. The third kappa shape index (κ3) is 6.34. The van der Waals surface area contributed by atoms with Crippen LogP contribution in [-0.4, -0.2) is 44.1 Å². The minimum absolute atomic E-state index is 0.208. The first-order valence-electron chi connectivity index (χ1n) is 8.94. The lowest BCUT2D eigenvalue weighted by Gasteiger charge is -2.21. The molecule has 0 radical (unpaired) electrons. The van der Waals surface area contributed by atoms with Crippen LogP contribution in [0, 0.1) is 5.82 Å². The molecule has 0 fully saturated rings. The van der Waals surface area contributed by atoms with Crippen LogP contribution in [0.5, 0.6) is 11.5 Å². The first-order valence-corrected chi connectivity index (χ1v) is 8.94. The lowest BCUT2D eigenvalue weighted by molar-refractivity contribution is -0.154. The SMILES string of the molecule is COc1ccc(/C=C/C(=O)OC(C)C(=O)N(C)Cc2cccc(F)c2)cc1OC. The van der Waals surface area contributed by atoms with Crippen LogP contribution in [0.3, 0.4) is 0 Å². The van der Waals surface area contributed by atoms with Gasteiger partial charge in [-0.15, -0.1) is 0 Å². The Morgan fingerprint density at radius 2 is 1.83 bits per heavy atom. The number of hydrogen-bond donors (Lipinski definition) is 0. The Balaban J connectivity index is 1.93. The van der Waals surface area contributed by atoms with Crippen LogP contribution in [0.25, 0.3) is 6.08 Å². The molecule has 0 aliphatic rings. The Morgan fingerprint density at radius 1 is 1.10 bits per heavy atom. The molecular weight excluding hydrogens is 377 g/mol. The van der Waals surface area contributed by atoms with Gasteiger partial charge in [0.1, 0.15) is 5.82 Å². The summed E-state index contributed by atoms with van der Waals surface area (Å²) >= 11 is 0. The third-order valence-corrected chi connectivity index (χ3v) is 4.15. The Morgan fingerprint density at radius 3 is 2.48 bits per heavy atom. The van der Waals surface area contributed by atoms with Crippen molar-refractivity contribution in [3.63, 3.8) is 0 Å². The van der Waals surface area contributed by atoms with Gasteiger partial charge in [-0.3, -0.25) is 4.79 Å². The molecule has 2 aromatic rings. The molecule has 0 saturated carbocycles. The standard InChI is InChI=1S/C22H24FNO5/c1-15(22(26)24(2)14-17-6-5-7-18(23)12-17)29-21(25)11-9-16-8-10-19(27-3)20(13-16)28-4/h5-13,15H,14H2,1-4H3/b11-9+. The molecule has 6 nitrogen and oxygen atoms in total. The average Bonchev–Trinajstić information content (AvgIpc) is 2.71. The summed E-state index contributed by atoms with van der Waals surface area (Å²) in [5.74, 6) is -0.302. The van der Waals surface area contributed by atoms with E-state index in [2.05, 4.69) is 0 Å². The molecule has 0 spiro atoms. The number of amides is 1. The van der Waals surface area contributed by atoms with Crippen molar-refractivity contribution in [1.29, 1.82) is 0 Å². The molecule has 154 valence electrons. The molecule has 0 heterocycles. The van der Waals surface area contributed by atoms with Crippen molar-refractivity contribution in [2.75, 3.05) is 21.3 Å². The van der Waals surface area contributed by atoms with E-state index in [1.165, 1.54) is 44.3 Å². The summed E-state index contributed by atoms with van der Waals surface area (Å²) < 4.78 is 28.8. The van der Waals surface area contributed by atoms with E-state index in [0.717, 1.165) is 0 Å². The Labute approximate surface area is 169 Å². The second-order valence-corrected chi connectivity index (χ2v) is 6.35. The number of benzene rings is 2. The predicted octanol–water partition coefficient (Wildman–Crippen LogP) is 3.45. The van der Waals surface area contributed by atoms with Crippen LogP contribution in [0.15, 0.2) is 48.5 Å². The fraction of sp³-hybridized carbons (Fsp3) is 0.273. The monoisotopic (exact) mass is 401 g/mol. The highest BCUT2D eigenvalue weighted by molar-refractivity contribution is 5.90. The number of likely N-dealkylation sites (N-methyl/N-ethyl adjacent to an activating group) is 1. The molecule has 0 aliphatic carbocycles. The lowest BCUT2D eigenvalue weighted by Crippen LogP contribution is -2.36. The highest BCUT2D eigenvalue weighted by Crippen LogP contribution is 2.27. The maximum atomic E-state index is 13.3. The van der Waals surface area contributed by atoms with Crippen LogP contribution in [0.4, 0.5) is 4.39 Å². The van der Waals surface area contributed by atoms with E-state index >= 15 is 0 Å². The van der Waals surface area contributed by atoms with Gasteiger partial charge in [0, 0.05) is 19.7 Å². The fourth-order valence-corrected chi connectivity index (χ4v) is 2.68. The largest absolute Gasteiger partial charge is 0.493 e. The Hall–Kier alpha value is -3.35. The highest BCUT2D eigenvalue weighted by atomic mass is 19.1. The number of esters is 1. The van der Waals surface area contributed by atoms with Gasteiger partial charge in [0.2, 0.25) is 0 Å². The quantitative estimate of drug-likeness (QED) is 0.501. The average molecular weight is 401 g/mol. The van der Waals surface area contributed by atoms with Gasteiger partial charge >= 0.3 is 5.97 Å². The van der Waals surface area contributed by atoms with Gasteiger partial charge in [-0.2, -0.15) is 0 Å². The normalized spacial score (nSPS) is 11.8. The van der Waals surface area contributed by atoms with Gasteiger partial charge in [-0.25, -0.2) is 9.18 Å². The van der Waals surface area contributed by atoms with Crippen LogP contribution >= 0.6 is 0 Å². The number of hydrogen-bond acceptors (Lipinski definition) is 5. The Kier molecular flexibility index (Phi) is 7.77. The van der Waals surface area contributed by atoms with Gasteiger partial charge in [-0.1, -0.05) is 18.2 Å². The van der Waals surface area contributed by atoms with Crippen molar-refractivity contribution < 1.29 is 28.2 Å². The zero-order valence-corrected chi connectivity index (χ0v) is 16.8. The van der Waals surface area contributed by atoms with Crippen molar-refractivity contribution in [1.82, 2.24) is 4.90 Å². The molecule has 0 aliphatic heterocycles. The van der Waals surface area contributed by atoms with Crippen LogP contribution in [0.1, 0.15) is 18.1 Å². The Bertz CT molecular complexity index is 897. The molecular formula is C22H24FNO5. The number of carbonyl (C=O) groups excluding carboxylic acids is 2. The van der Waals surface area contributed by atoms with Gasteiger partial charge in [0.25, 0.3) is 5.91 Å². The molecule has 7 heteroatoms. The van der Waals surface area contributed by atoms with Gasteiger partial charge in [0.15, 0.2) is 17.6 Å². The first kappa shape index (κ1) is 21.9. The lowest BCUT2D eigenvalue weighted by atomic mass is 10.2. The van der Waals surface area contributed by atoms with E-state index in [9.17, 15) is 14.0 Å². The number of ether oxygens (including phenoxy) is 3. The predicted molar refractivity (Wildman–Crippen MR) is 107 cm³/mol. The third-order valence-electron chi connectivity index (χ3n) is 4.15. The topological polar surface area (TPSA) is 65.1 Å². The van der Waals surface area contributed by atoms with Gasteiger partial charge in [-0.05, 0) is 48.4 Å². The van der Waals surface area contributed by atoms with E-state index in [-0.39, 0.29) is 18.3 Å².